The van der Waals surface area contributed by atoms with Crippen molar-refractivity contribution in [2.75, 3.05) is 18.5 Å². The van der Waals surface area contributed by atoms with Crippen LogP contribution in [0, 0.1) is 6.92 Å². The van der Waals surface area contributed by atoms with Crippen molar-refractivity contribution in [1.29, 1.82) is 0 Å². The van der Waals surface area contributed by atoms with Gasteiger partial charge >= 0.3 is 12.5 Å². The van der Waals surface area contributed by atoms with E-state index >= 15 is 0 Å². The van der Waals surface area contributed by atoms with Gasteiger partial charge in [0.2, 0.25) is 0 Å². The van der Waals surface area contributed by atoms with Gasteiger partial charge in [0.1, 0.15) is 18.2 Å². The van der Waals surface area contributed by atoms with Gasteiger partial charge in [-0.1, -0.05) is 6.07 Å². The van der Waals surface area contributed by atoms with Crippen molar-refractivity contribution in [3.05, 3.63) is 47.7 Å². The number of carbonyl (C=O) groups is 2. The van der Waals surface area contributed by atoms with E-state index in [4.69, 9.17) is 4.74 Å². The molecule has 0 aliphatic carbocycles. The first kappa shape index (κ1) is 28.9. The Morgan fingerprint density at radius 1 is 1.16 bits per heavy atom. The zero-order valence-electron chi connectivity index (χ0n) is 21.3. The largest absolute Gasteiger partial charge is 0.573 e. The molecule has 2 aromatic rings. The normalized spacial score (nSPS) is 17.5. The number of aromatic nitrogens is 1. The van der Waals surface area contributed by atoms with Crippen molar-refractivity contribution in [1.82, 2.24) is 15.2 Å². The van der Waals surface area contributed by atoms with Crippen LogP contribution in [-0.2, 0) is 4.74 Å². The van der Waals surface area contributed by atoms with Gasteiger partial charge in [-0.3, -0.25) is 4.79 Å². The molecule has 0 radical (unpaired) electrons. The number of carbonyl (C=O) groups excluding carboxylic acids is 2. The van der Waals surface area contributed by atoms with E-state index in [1.54, 1.807) is 39.8 Å². The van der Waals surface area contributed by atoms with Crippen LogP contribution in [0.5, 0.6) is 5.75 Å². The third-order valence-electron chi connectivity index (χ3n) is 5.54. The minimum Gasteiger partial charge on any atom is -0.447 e. The Hall–Kier alpha value is -3.64. The fourth-order valence-corrected chi connectivity index (χ4v) is 3.83. The van der Waals surface area contributed by atoms with Gasteiger partial charge < -0.3 is 25.0 Å². The molecule has 2 N–H and O–H groups in total. The lowest BCUT2D eigenvalue weighted by atomic mass is 9.97. The molecule has 38 heavy (non-hydrogen) atoms. The Morgan fingerprint density at radius 2 is 1.87 bits per heavy atom. The van der Waals surface area contributed by atoms with E-state index in [1.807, 2.05) is 0 Å². The molecule has 1 unspecified atom stereocenters. The van der Waals surface area contributed by atoms with E-state index in [-0.39, 0.29) is 30.1 Å². The number of pyridine rings is 1. The number of ether oxygens (including phenoxy) is 2. The van der Waals surface area contributed by atoms with Crippen molar-refractivity contribution in [2.24, 2.45) is 0 Å². The molecule has 13 heteroatoms. The van der Waals surface area contributed by atoms with Gasteiger partial charge in [0.15, 0.2) is 0 Å². The Labute approximate surface area is 216 Å². The number of benzene rings is 1. The van der Waals surface area contributed by atoms with E-state index in [2.05, 4.69) is 20.4 Å². The van der Waals surface area contributed by atoms with Crippen LogP contribution >= 0.6 is 0 Å². The molecule has 2 heterocycles. The summed E-state index contributed by atoms with van der Waals surface area (Å²) >= 11 is 0. The standard InChI is InChI=1S/C25H29F5N4O4/c1-15-5-6-16(32-20-12-18(8-10-31-20)38-25(28,29)30)11-19(15)21(35)34-14-24(26,27)9-7-17(34)13-37-22(36)33-23(2,3)4/h5-6,8,10-12,17H,7,9,13-14H2,1-4H3,(H,31,32)(H,33,36). The van der Waals surface area contributed by atoms with Crippen molar-refractivity contribution in [3.63, 3.8) is 0 Å². The number of nitrogens with one attached hydrogen (secondary N) is 2. The summed E-state index contributed by atoms with van der Waals surface area (Å²) in [5.74, 6) is -4.30. The summed E-state index contributed by atoms with van der Waals surface area (Å²) in [7, 11) is 0. The van der Waals surface area contributed by atoms with Gasteiger partial charge in [0.25, 0.3) is 11.8 Å². The van der Waals surface area contributed by atoms with Gasteiger partial charge in [-0.25, -0.2) is 18.6 Å². The maximum absolute atomic E-state index is 14.3. The number of rotatable bonds is 6. The molecule has 0 spiro atoms. The fourth-order valence-electron chi connectivity index (χ4n) is 3.83. The fraction of sp³-hybridized carbons (Fsp3) is 0.480. The van der Waals surface area contributed by atoms with Crippen LogP contribution in [0.2, 0.25) is 0 Å². The molecule has 0 bridgehead atoms. The Balaban J connectivity index is 1.80. The van der Waals surface area contributed by atoms with Crippen molar-refractivity contribution in [2.45, 2.75) is 64.4 Å². The van der Waals surface area contributed by atoms with Gasteiger partial charge in [0.05, 0.1) is 12.6 Å². The number of hydrogen-bond acceptors (Lipinski definition) is 6. The minimum atomic E-state index is -4.88. The van der Waals surface area contributed by atoms with Crippen LogP contribution in [0.3, 0.4) is 0 Å². The molecule has 1 aliphatic heterocycles. The molecule has 3 rings (SSSR count). The molecular weight excluding hydrogens is 515 g/mol. The van der Waals surface area contributed by atoms with Crippen LogP contribution in [0.4, 0.5) is 38.3 Å². The average Bonchev–Trinajstić information content (AvgIpc) is 2.76. The summed E-state index contributed by atoms with van der Waals surface area (Å²) in [6.45, 7) is 5.77. The van der Waals surface area contributed by atoms with Gasteiger partial charge in [-0.05, 0) is 57.9 Å². The number of alkyl carbamates (subject to hydrolysis) is 1. The van der Waals surface area contributed by atoms with Gasteiger partial charge in [-0.15, -0.1) is 13.2 Å². The number of halogens is 5. The third kappa shape index (κ3) is 8.45. The number of alkyl halides is 5. The number of hydrogen-bond donors (Lipinski definition) is 2. The lowest BCUT2D eigenvalue weighted by Gasteiger charge is -2.39. The summed E-state index contributed by atoms with van der Waals surface area (Å²) in [5, 5.41) is 5.40. The molecule has 1 fully saturated rings. The minimum absolute atomic E-state index is 0.00893. The Bertz CT molecular complexity index is 1170. The predicted molar refractivity (Wildman–Crippen MR) is 129 cm³/mol. The van der Waals surface area contributed by atoms with E-state index < -0.39 is 54.6 Å². The average molecular weight is 545 g/mol. The smallest absolute Gasteiger partial charge is 0.447 e. The summed E-state index contributed by atoms with van der Waals surface area (Å²) in [6, 6.07) is 5.80. The van der Waals surface area contributed by atoms with E-state index in [0.717, 1.165) is 23.2 Å². The molecule has 8 nitrogen and oxygen atoms in total. The van der Waals surface area contributed by atoms with E-state index in [1.165, 1.54) is 6.07 Å². The molecular formula is C25H29F5N4O4. The van der Waals surface area contributed by atoms with Crippen LogP contribution in [0.25, 0.3) is 0 Å². The first-order chi connectivity index (χ1) is 17.5. The van der Waals surface area contributed by atoms with Crippen molar-refractivity contribution < 1.29 is 41.0 Å². The predicted octanol–water partition coefficient (Wildman–Crippen LogP) is 5.80. The highest BCUT2D eigenvalue weighted by Gasteiger charge is 2.43. The van der Waals surface area contributed by atoms with Crippen molar-refractivity contribution in [3.8, 4) is 5.75 Å². The van der Waals surface area contributed by atoms with Crippen LogP contribution in [0.15, 0.2) is 36.5 Å². The molecule has 1 saturated heterocycles. The van der Waals surface area contributed by atoms with E-state index in [0.29, 0.717) is 5.56 Å². The summed E-state index contributed by atoms with van der Waals surface area (Å²) in [4.78, 5) is 30.5. The molecule has 2 amide bonds. The van der Waals surface area contributed by atoms with Gasteiger partial charge in [0, 0.05) is 35.5 Å². The molecule has 0 saturated carbocycles. The second-order valence-corrected chi connectivity index (χ2v) is 10.0. The number of piperidine rings is 1. The summed E-state index contributed by atoms with van der Waals surface area (Å²) < 4.78 is 75.3. The van der Waals surface area contributed by atoms with Crippen molar-refractivity contribution >= 4 is 23.5 Å². The molecule has 208 valence electrons. The Kier molecular flexibility index (Phi) is 8.37. The molecule has 1 aromatic heterocycles. The first-order valence-corrected chi connectivity index (χ1v) is 11.7. The maximum Gasteiger partial charge on any atom is 0.573 e. The molecule has 1 aromatic carbocycles. The number of aryl methyl sites for hydroxylation is 1. The number of anilines is 2. The summed E-state index contributed by atoms with van der Waals surface area (Å²) in [6.07, 6.45) is -5.04. The van der Waals surface area contributed by atoms with Crippen LogP contribution in [-0.4, -0.2) is 58.9 Å². The number of amides is 2. The zero-order chi connectivity index (χ0) is 28.3. The highest BCUT2D eigenvalue weighted by Crippen LogP contribution is 2.33. The second-order valence-electron chi connectivity index (χ2n) is 10.0. The lowest BCUT2D eigenvalue weighted by Crippen LogP contribution is -2.54. The summed E-state index contributed by atoms with van der Waals surface area (Å²) in [5.41, 5.74) is 0.308. The van der Waals surface area contributed by atoms with Crippen LogP contribution in [0.1, 0.15) is 49.5 Å². The molecule has 1 atom stereocenters. The van der Waals surface area contributed by atoms with Gasteiger partial charge in [-0.2, -0.15) is 0 Å². The highest BCUT2D eigenvalue weighted by molar-refractivity contribution is 5.97. The van der Waals surface area contributed by atoms with E-state index in [9.17, 15) is 31.5 Å². The third-order valence-corrected chi connectivity index (χ3v) is 5.54. The number of likely N-dealkylation sites (tertiary alicyclic amines) is 1. The highest BCUT2D eigenvalue weighted by atomic mass is 19.4. The Morgan fingerprint density at radius 3 is 2.53 bits per heavy atom. The quantitative estimate of drug-likeness (QED) is 0.447. The monoisotopic (exact) mass is 544 g/mol. The first-order valence-electron chi connectivity index (χ1n) is 11.7. The lowest BCUT2D eigenvalue weighted by molar-refractivity contribution is -0.274. The second kappa shape index (κ2) is 11.0. The molecule has 1 aliphatic rings. The topological polar surface area (TPSA) is 92.8 Å². The van der Waals surface area contributed by atoms with Crippen LogP contribution < -0.4 is 15.4 Å². The number of nitrogens with zero attached hydrogens (tertiary/aromatic N) is 2. The zero-order valence-corrected chi connectivity index (χ0v) is 21.3. The maximum atomic E-state index is 14.3. The SMILES string of the molecule is Cc1ccc(Nc2cc(OC(F)(F)F)ccn2)cc1C(=O)N1CC(F)(F)CCC1COC(=O)NC(C)(C)C.